The second-order valence-electron chi connectivity index (χ2n) is 3.84. The number of benzene rings is 1. The zero-order valence-corrected chi connectivity index (χ0v) is 11.1. The first-order chi connectivity index (χ1) is 8.16. The van der Waals surface area contributed by atoms with E-state index in [4.69, 9.17) is 14.9 Å². The van der Waals surface area contributed by atoms with Crippen molar-refractivity contribution in [2.45, 2.75) is 19.6 Å². The van der Waals surface area contributed by atoms with Crippen molar-refractivity contribution in [2.24, 2.45) is 5.73 Å². The maximum Gasteiger partial charge on any atom is 0.146 e. The van der Waals surface area contributed by atoms with Crippen molar-refractivity contribution in [1.82, 2.24) is 0 Å². The molecule has 0 fully saturated rings. The second kappa shape index (κ2) is 5.38. The van der Waals surface area contributed by atoms with Gasteiger partial charge in [-0.2, -0.15) is 0 Å². The molecule has 2 rings (SSSR count). The van der Waals surface area contributed by atoms with Crippen molar-refractivity contribution in [3.05, 3.63) is 52.4 Å². The van der Waals surface area contributed by atoms with Gasteiger partial charge in [-0.15, -0.1) is 0 Å². The summed E-state index contributed by atoms with van der Waals surface area (Å²) in [6.45, 7) is 2.38. The molecule has 0 aliphatic rings. The van der Waals surface area contributed by atoms with Crippen LogP contribution in [-0.4, -0.2) is 0 Å². The molecule has 17 heavy (non-hydrogen) atoms. The molecule has 1 unspecified atom stereocenters. The first-order valence-corrected chi connectivity index (χ1v) is 6.16. The van der Waals surface area contributed by atoms with Crippen LogP contribution in [0.25, 0.3) is 0 Å². The summed E-state index contributed by atoms with van der Waals surface area (Å²) in [5.41, 5.74) is 6.90. The summed E-state index contributed by atoms with van der Waals surface area (Å²) in [6.07, 6.45) is 1.63. The third-order valence-corrected chi connectivity index (χ3v) is 3.11. The van der Waals surface area contributed by atoms with Crippen LogP contribution < -0.4 is 10.5 Å². The van der Waals surface area contributed by atoms with Crippen LogP contribution in [0, 0.1) is 0 Å². The maximum absolute atomic E-state index is 5.83. The number of hydrogen-bond acceptors (Lipinski definition) is 3. The molecule has 0 amide bonds. The van der Waals surface area contributed by atoms with Crippen LogP contribution in [0.5, 0.6) is 5.75 Å². The van der Waals surface area contributed by atoms with Gasteiger partial charge in [0.2, 0.25) is 0 Å². The molecule has 2 N–H and O–H groups in total. The molecule has 0 bridgehead atoms. The number of furan rings is 1. The number of nitrogens with two attached hydrogens (primary N) is 1. The predicted octanol–water partition coefficient (Wildman–Crippen LogP) is 3.64. The molecule has 1 atom stereocenters. The molecule has 0 aliphatic carbocycles. The smallest absolute Gasteiger partial charge is 0.146 e. The van der Waals surface area contributed by atoms with E-state index in [1.54, 1.807) is 6.26 Å². The standard InChI is InChI=1S/C13H14BrNO2/c1-9(15)12-5-4-10(7-13(12)14)17-8-11-3-2-6-16-11/h2-7,9H,8,15H2,1H3. The molecular weight excluding hydrogens is 282 g/mol. The van der Waals surface area contributed by atoms with Gasteiger partial charge in [0, 0.05) is 10.5 Å². The molecule has 0 radical (unpaired) electrons. The van der Waals surface area contributed by atoms with Gasteiger partial charge in [0.1, 0.15) is 18.1 Å². The second-order valence-corrected chi connectivity index (χ2v) is 4.69. The van der Waals surface area contributed by atoms with E-state index in [0.717, 1.165) is 21.5 Å². The molecule has 0 aliphatic heterocycles. The Bertz CT molecular complexity index is 480. The largest absolute Gasteiger partial charge is 0.486 e. The lowest BCUT2D eigenvalue weighted by atomic mass is 10.1. The molecule has 2 aromatic rings. The minimum atomic E-state index is 0.00324. The number of hydrogen-bond donors (Lipinski definition) is 1. The van der Waals surface area contributed by atoms with E-state index < -0.39 is 0 Å². The summed E-state index contributed by atoms with van der Waals surface area (Å²) in [5.74, 6) is 1.59. The Hall–Kier alpha value is -1.26. The van der Waals surface area contributed by atoms with E-state index in [-0.39, 0.29) is 6.04 Å². The molecule has 3 nitrogen and oxygen atoms in total. The molecule has 90 valence electrons. The van der Waals surface area contributed by atoms with E-state index in [9.17, 15) is 0 Å². The maximum atomic E-state index is 5.83. The summed E-state index contributed by atoms with van der Waals surface area (Å²) in [7, 11) is 0. The van der Waals surface area contributed by atoms with Gasteiger partial charge in [0.05, 0.1) is 6.26 Å². The Balaban J connectivity index is 2.05. The van der Waals surface area contributed by atoms with Gasteiger partial charge in [0.25, 0.3) is 0 Å². The van der Waals surface area contributed by atoms with Crippen molar-refractivity contribution in [3.63, 3.8) is 0 Å². The van der Waals surface area contributed by atoms with Crippen LogP contribution in [0.2, 0.25) is 0 Å². The van der Waals surface area contributed by atoms with Crippen LogP contribution >= 0.6 is 15.9 Å². The predicted molar refractivity (Wildman–Crippen MR) is 69.8 cm³/mol. The molecule has 1 aromatic heterocycles. The molecular formula is C13H14BrNO2. The normalized spacial score (nSPS) is 12.4. The van der Waals surface area contributed by atoms with Crippen molar-refractivity contribution >= 4 is 15.9 Å². The van der Waals surface area contributed by atoms with E-state index in [1.165, 1.54) is 0 Å². The summed E-state index contributed by atoms with van der Waals surface area (Å²) in [4.78, 5) is 0. The average Bonchev–Trinajstić information content (AvgIpc) is 2.78. The highest BCUT2D eigenvalue weighted by molar-refractivity contribution is 9.10. The zero-order chi connectivity index (χ0) is 12.3. The fraction of sp³-hybridized carbons (Fsp3) is 0.231. The highest BCUT2D eigenvalue weighted by atomic mass is 79.9. The fourth-order valence-corrected chi connectivity index (χ4v) is 2.23. The molecule has 4 heteroatoms. The monoisotopic (exact) mass is 295 g/mol. The van der Waals surface area contributed by atoms with E-state index in [0.29, 0.717) is 6.61 Å². The summed E-state index contributed by atoms with van der Waals surface area (Å²) in [5, 5.41) is 0. The molecule has 0 saturated carbocycles. The van der Waals surface area contributed by atoms with E-state index in [2.05, 4.69) is 15.9 Å². The lowest BCUT2D eigenvalue weighted by molar-refractivity contribution is 0.270. The first kappa shape index (κ1) is 12.2. The fourth-order valence-electron chi connectivity index (χ4n) is 1.52. The van der Waals surface area contributed by atoms with Gasteiger partial charge < -0.3 is 14.9 Å². The van der Waals surface area contributed by atoms with Crippen molar-refractivity contribution in [3.8, 4) is 5.75 Å². The number of ether oxygens (including phenoxy) is 1. The van der Waals surface area contributed by atoms with Crippen molar-refractivity contribution < 1.29 is 9.15 Å². The third kappa shape index (κ3) is 3.11. The third-order valence-electron chi connectivity index (χ3n) is 2.42. The van der Waals surface area contributed by atoms with Crippen LogP contribution in [0.1, 0.15) is 24.3 Å². The highest BCUT2D eigenvalue weighted by Gasteiger charge is 2.06. The van der Waals surface area contributed by atoms with Crippen molar-refractivity contribution in [1.29, 1.82) is 0 Å². The van der Waals surface area contributed by atoms with Crippen LogP contribution in [0.15, 0.2) is 45.5 Å². The van der Waals surface area contributed by atoms with Crippen LogP contribution in [0.3, 0.4) is 0 Å². The quantitative estimate of drug-likeness (QED) is 0.937. The molecule has 0 spiro atoms. The minimum absolute atomic E-state index is 0.00324. The van der Waals surface area contributed by atoms with E-state index in [1.807, 2.05) is 37.3 Å². The highest BCUT2D eigenvalue weighted by Crippen LogP contribution is 2.27. The number of halogens is 1. The van der Waals surface area contributed by atoms with Gasteiger partial charge in [-0.05, 0) is 36.8 Å². The lowest BCUT2D eigenvalue weighted by Crippen LogP contribution is -2.05. The SMILES string of the molecule is CC(N)c1ccc(OCc2ccco2)cc1Br. The molecule has 1 aromatic carbocycles. The van der Waals surface area contributed by atoms with Gasteiger partial charge in [-0.1, -0.05) is 22.0 Å². The molecule has 1 heterocycles. The van der Waals surface area contributed by atoms with Gasteiger partial charge in [-0.3, -0.25) is 0 Å². The average molecular weight is 296 g/mol. The first-order valence-electron chi connectivity index (χ1n) is 5.37. The van der Waals surface area contributed by atoms with Crippen LogP contribution in [-0.2, 0) is 6.61 Å². The van der Waals surface area contributed by atoms with Gasteiger partial charge >= 0.3 is 0 Å². The summed E-state index contributed by atoms with van der Waals surface area (Å²) >= 11 is 3.48. The van der Waals surface area contributed by atoms with E-state index >= 15 is 0 Å². The Morgan fingerprint density at radius 3 is 2.82 bits per heavy atom. The summed E-state index contributed by atoms with van der Waals surface area (Å²) in [6, 6.07) is 9.52. The Kier molecular flexibility index (Phi) is 3.86. The Morgan fingerprint density at radius 2 is 2.24 bits per heavy atom. The minimum Gasteiger partial charge on any atom is -0.486 e. The number of rotatable bonds is 4. The Morgan fingerprint density at radius 1 is 1.41 bits per heavy atom. The lowest BCUT2D eigenvalue weighted by Gasteiger charge is -2.10. The zero-order valence-electron chi connectivity index (χ0n) is 9.52. The van der Waals surface area contributed by atoms with Crippen LogP contribution in [0.4, 0.5) is 0 Å². The topological polar surface area (TPSA) is 48.4 Å². The van der Waals surface area contributed by atoms with Gasteiger partial charge in [-0.25, -0.2) is 0 Å². The van der Waals surface area contributed by atoms with Gasteiger partial charge in [0.15, 0.2) is 0 Å². The molecule has 0 saturated heterocycles. The van der Waals surface area contributed by atoms with Crippen molar-refractivity contribution in [2.75, 3.05) is 0 Å². The Labute approximate surface area is 109 Å². The summed E-state index contributed by atoms with van der Waals surface area (Å²) < 4.78 is 11.8.